The van der Waals surface area contributed by atoms with E-state index in [0.29, 0.717) is 0 Å². The van der Waals surface area contributed by atoms with Crippen LogP contribution in [0.15, 0.2) is 0 Å². The first-order chi connectivity index (χ1) is 11.7. The molecule has 0 saturated carbocycles. The van der Waals surface area contributed by atoms with E-state index in [2.05, 4.69) is 0 Å². The van der Waals surface area contributed by atoms with Crippen molar-refractivity contribution in [1.29, 1.82) is 0 Å². The SMILES string of the molecule is FI(C(F)(F)C(F)(F)F)C(F)(F)C(F)(F)C(F)(F)C(F)(F)C(F)(F)C(F)(F)F. The van der Waals surface area contributed by atoms with E-state index in [1.807, 2.05) is 0 Å². The van der Waals surface area contributed by atoms with E-state index in [-0.39, 0.29) is 0 Å². The van der Waals surface area contributed by atoms with Crippen LogP contribution in [0.25, 0.3) is 0 Å². The van der Waals surface area contributed by atoms with E-state index >= 15 is 0 Å². The summed E-state index contributed by atoms with van der Waals surface area (Å²) in [5, 5.41) is 0. The van der Waals surface area contributed by atoms with Gasteiger partial charge in [-0.2, -0.15) is 0 Å². The van der Waals surface area contributed by atoms with Crippen LogP contribution in [0.5, 0.6) is 0 Å². The molecule has 0 fully saturated rings. The number of hydrogen-bond donors (Lipinski definition) is 0. The molecular formula is C8F19I. The molecule has 20 heteroatoms. The molecule has 0 radical (unpaired) electrons. The molecule has 0 aliphatic carbocycles. The Kier molecular flexibility index (Phi) is 6.56. The van der Waals surface area contributed by atoms with E-state index in [1.165, 1.54) is 0 Å². The topological polar surface area (TPSA) is 0 Å². The molecule has 0 aliphatic rings. The van der Waals surface area contributed by atoms with Gasteiger partial charge in [0.15, 0.2) is 0 Å². The third-order valence-corrected chi connectivity index (χ3v) is 6.30. The zero-order valence-corrected chi connectivity index (χ0v) is 13.7. The maximum atomic E-state index is 13.0. The normalized spacial score (nSPS) is 17.0. The summed E-state index contributed by atoms with van der Waals surface area (Å²) >= 11 is -8.74. The zero-order valence-electron chi connectivity index (χ0n) is 11.6. The first-order valence-corrected chi connectivity index (χ1v) is 8.40. The Morgan fingerprint density at radius 3 is 0.857 bits per heavy atom. The van der Waals surface area contributed by atoms with Gasteiger partial charge in [-0.1, -0.05) is 0 Å². The molecule has 0 aliphatic heterocycles. The van der Waals surface area contributed by atoms with Crippen molar-refractivity contribution < 1.29 is 81.9 Å². The molecule has 0 aromatic heterocycles. The number of alkyl halides is 20. The third-order valence-electron chi connectivity index (χ3n) is 2.63. The van der Waals surface area contributed by atoms with Gasteiger partial charge in [0.05, 0.1) is 0 Å². The summed E-state index contributed by atoms with van der Waals surface area (Å²) in [6.45, 7) is 0. The predicted molar refractivity (Wildman–Crippen MR) is 56.9 cm³/mol. The van der Waals surface area contributed by atoms with Gasteiger partial charge in [0, 0.05) is 0 Å². The van der Waals surface area contributed by atoms with E-state index in [1.54, 1.807) is 0 Å². The fourth-order valence-corrected chi connectivity index (χ4v) is 3.42. The fraction of sp³-hybridized carbons (Fsp3) is 1.00. The molecule has 0 nitrogen and oxygen atoms in total. The summed E-state index contributed by atoms with van der Waals surface area (Å²) in [5.41, 5.74) is 0. The first-order valence-electron chi connectivity index (χ1n) is 5.42. The second kappa shape index (κ2) is 6.71. The standard InChI is InChI=1S/C8F19I/c9-1(10,3(13,14)5(17,18)19)2(11,12)4(15,16)7(23,24)28(27)8(25,26)6(20,21)22. The minimum atomic E-state index is -8.74. The van der Waals surface area contributed by atoms with Gasteiger partial charge in [0.1, 0.15) is 0 Å². The van der Waals surface area contributed by atoms with Crippen LogP contribution in [0.3, 0.4) is 0 Å². The second-order valence-electron chi connectivity index (χ2n) is 4.53. The van der Waals surface area contributed by atoms with Gasteiger partial charge in [-0.25, -0.2) is 0 Å². The molecule has 0 unspecified atom stereocenters. The van der Waals surface area contributed by atoms with Crippen molar-refractivity contribution in [3.63, 3.8) is 0 Å². The van der Waals surface area contributed by atoms with Gasteiger partial charge in [-0.15, -0.1) is 0 Å². The molecule has 0 N–H and O–H groups in total. The van der Waals surface area contributed by atoms with Crippen LogP contribution >= 0.6 is 20.4 Å². The molecule has 0 aromatic carbocycles. The minimum absolute atomic E-state index is 7.44. The Labute approximate surface area is 147 Å². The molecule has 0 saturated heterocycles. The summed E-state index contributed by atoms with van der Waals surface area (Å²) in [6.07, 6.45) is -15.3. The zero-order chi connectivity index (χ0) is 23.6. The average molecular weight is 584 g/mol. The van der Waals surface area contributed by atoms with Crippen molar-refractivity contribution in [2.24, 2.45) is 0 Å². The number of rotatable bonds is 6. The van der Waals surface area contributed by atoms with Crippen molar-refractivity contribution in [2.75, 3.05) is 0 Å². The van der Waals surface area contributed by atoms with Crippen molar-refractivity contribution in [3.8, 4) is 0 Å². The Hall–Kier alpha value is -0.600. The third kappa shape index (κ3) is 3.54. The Morgan fingerprint density at radius 1 is 0.321 bits per heavy atom. The fourth-order valence-electron chi connectivity index (χ4n) is 1.10. The van der Waals surface area contributed by atoms with Crippen LogP contribution in [0.1, 0.15) is 0 Å². The Morgan fingerprint density at radius 2 is 0.607 bits per heavy atom. The summed E-state index contributed by atoms with van der Waals surface area (Å²) in [6, 6.07) is 0. The molecule has 0 atom stereocenters. The quantitative estimate of drug-likeness (QED) is 0.176. The number of halogens is 20. The summed E-state index contributed by atoms with van der Waals surface area (Å²) in [5.74, 6) is -33.9. The van der Waals surface area contributed by atoms with Gasteiger partial charge >= 0.3 is 146 Å². The molecule has 0 heterocycles. The van der Waals surface area contributed by atoms with Gasteiger partial charge in [0.2, 0.25) is 0 Å². The molecule has 0 bridgehead atoms. The molecule has 0 amide bonds. The van der Waals surface area contributed by atoms with Crippen LogP contribution in [0, 0.1) is 0 Å². The maximum absolute atomic E-state index is 13.0. The van der Waals surface area contributed by atoms with Crippen LogP contribution in [0.4, 0.5) is 81.9 Å². The van der Waals surface area contributed by atoms with Crippen LogP contribution in [-0.4, -0.2) is 43.9 Å². The van der Waals surface area contributed by atoms with Crippen molar-refractivity contribution in [3.05, 3.63) is 0 Å². The van der Waals surface area contributed by atoms with E-state index < -0.39 is 64.3 Å². The van der Waals surface area contributed by atoms with E-state index in [4.69, 9.17) is 0 Å². The first kappa shape index (κ1) is 27.4. The molecule has 28 heavy (non-hydrogen) atoms. The number of hydrogen-bond acceptors (Lipinski definition) is 0. The van der Waals surface area contributed by atoms with Crippen LogP contribution in [0.2, 0.25) is 0 Å². The van der Waals surface area contributed by atoms with Crippen molar-refractivity contribution in [2.45, 2.75) is 43.9 Å². The Bertz CT molecular complexity index is 565. The monoisotopic (exact) mass is 584 g/mol. The van der Waals surface area contributed by atoms with Crippen molar-refractivity contribution in [1.82, 2.24) is 0 Å². The predicted octanol–water partition coefficient (Wildman–Crippen LogP) is 7.23. The molecule has 0 spiro atoms. The average Bonchev–Trinajstić information content (AvgIpc) is 2.42. The van der Waals surface area contributed by atoms with Crippen LogP contribution < -0.4 is 0 Å². The summed E-state index contributed by atoms with van der Waals surface area (Å²) in [4.78, 5) is 0. The van der Waals surface area contributed by atoms with Gasteiger partial charge in [-0.3, -0.25) is 0 Å². The molecule has 172 valence electrons. The van der Waals surface area contributed by atoms with Gasteiger partial charge in [0.25, 0.3) is 0 Å². The van der Waals surface area contributed by atoms with Crippen LogP contribution in [-0.2, 0) is 0 Å². The summed E-state index contributed by atoms with van der Waals surface area (Å²) < 4.78 is 221. The van der Waals surface area contributed by atoms with Crippen molar-refractivity contribution >= 4 is 20.4 Å². The van der Waals surface area contributed by atoms with E-state index in [9.17, 15) is 81.9 Å². The second-order valence-corrected chi connectivity index (χ2v) is 8.59. The van der Waals surface area contributed by atoms with E-state index in [0.717, 1.165) is 0 Å². The molecule has 0 rings (SSSR count). The molecular weight excluding hydrogens is 584 g/mol. The van der Waals surface area contributed by atoms with Gasteiger partial charge in [-0.05, 0) is 0 Å². The Balaban J connectivity index is 6.56. The molecule has 0 aromatic rings. The van der Waals surface area contributed by atoms with Gasteiger partial charge < -0.3 is 0 Å². The summed E-state index contributed by atoms with van der Waals surface area (Å²) in [7, 11) is 0.